The van der Waals surface area contributed by atoms with E-state index in [-0.39, 0.29) is 17.1 Å². The highest BCUT2D eigenvalue weighted by molar-refractivity contribution is 7.92. The fraction of sp³-hybridized carbons (Fsp3) is 0.333. The van der Waals surface area contributed by atoms with Crippen LogP contribution in [0.1, 0.15) is 28.7 Å². The normalized spacial score (nSPS) is 11.3. The third-order valence-corrected chi connectivity index (χ3v) is 4.97. The van der Waals surface area contributed by atoms with Crippen molar-refractivity contribution in [3.05, 3.63) is 41.2 Å². The van der Waals surface area contributed by atoms with E-state index in [1.807, 2.05) is 0 Å². The molecule has 0 fully saturated rings. The van der Waals surface area contributed by atoms with Crippen LogP contribution < -0.4 is 4.72 Å². The molecule has 23 heavy (non-hydrogen) atoms. The Kier molecular flexibility index (Phi) is 4.74. The molecule has 0 atom stereocenters. The lowest BCUT2D eigenvalue weighted by Gasteiger charge is -2.09. The third-order valence-electron chi connectivity index (χ3n) is 3.34. The quantitative estimate of drug-likeness (QED) is 0.843. The van der Waals surface area contributed by atoms with E-state index in [1.165, 1.54) is 10.7 Å². The zero-order valence-electron chi connectivity index (χ0n) is 13.5. The van der Waals surface area contributed by atoms with Crippen molar-refractivity contribution in [1.82, 2.24) is 9.78 Å². The molecule has 124 valence electrons. The molecule has 0 saturated heterocycles. The van der Waals surface area contributed by atoms with Crippen LogP contribution in [0.2, 0.25) is 0 Å². The van der Waals surface area contributed by atoms with E-state index < -0.39 is 16.0 Å². The average Bonchev–Trinajstić information content (AvgIpc) is 2.72. The Labute approximate surface area is 135 Å². The average molecular weight is 337 g/mol. The van der Waals surface area contributed by atoms with E-state index in [0.29, 0.717) is 17.1 Å². The number of esters is 1. The Balaban J connectivity index is 2.34. The maximum Gasteiger partial charge on any atom is 0.338 e. The molecule has 1 heterocycles. The molecule has 0 aliphatic rings. The van der Waals surface area contributed by atoms with Crippen LogP contribution >= 0.6 is 0 Å². The molecular formula is C15H19N3O4S. The summed E-state index contributed by atoms with van der Waals surface area (Å²) in [4.78, 5) is 11.9. The first kappa shape index (κ1) is 17.0. The Morgan fingerprint density at radius 2 is 2.04 bits per heavy atom. The summed E-state index contributed by atoms with van der Waals surface area (Å²) in [5.41, 5.74) is 1.53. The molecule has 1 aromatic heterocycles. The maximum absolute atomic E-state index is 12.6. The molecule has 7 nitrogen and oxygen atoms in total. The molecule has 0 aliphatic heterocycles. The van der Waals surface area contributed by atoms with Gasteiger partial charge in [0.2, 0.25) is 0 Å². The second-order valence-electron chi connectivity index (χ2n) is 5.03. The van der Waals surface area contributed by atoms with Crippen molar-refractivity contribution < 1.29 is 17.9 Å². The predicted molar refractivity (Wildman–Crippen MR) is 85.9 cm³/mol. The minimum atomic E-state index is -3.79. The molecule has 2 rings (SSSR count). The summed E-state index contributed by atoms with van der Waals surface area (Å²) < 4.78 is 34.1. The van der Waals surface area contributed by atoms with Gasteiger partial charge in [-0.3, -0.25) is 9.40 Å². The van der Waals surface area contributed by atoms with Gasteiger partial charge in [-0.2, -0.15) is 5.10 Å². The van der Waals surface area contributed by atoms with Crippen molar-refractivity contribution in [2.45, 2.75) is 25.7 Å². The first-order chi connectivity index (χ1) is 10.8. The van der Waals surface area contributed by atoms with Crippen molar-refractivity contribution in [3.8, 4) is 0 Å². The predicted octanol–water partition coefficient (Wildman–Crippen LogP) is 2.01. The number of carbonyl (C=O) groups excluding carboxylic acids is 1. The minimum Gasteiger partial charge on any atom is -0.462 e. The van der Waals surface area contributed by atoms with Crippen molar-refractivity contribution >= 4 is 21.7 Å². The van der Waals surface area contributed by atoms with E-state index in [9.17, 15) is 13.2 Å². The van der Waals surface area contributed by atoms with E-state index in [0.717, 1.165) is 0 Å². The standard InChI is InChI=1S/C15H19N3O4S/c1-5-22-15(19)12-7-6-8-13(9-12)17-23(20,21)14-10(2)16-18(4)11(14)3/h6-9,17H,5H2,1-4H3. The number of ether oxygens (including phenoxy) is 1. The molecule has 2 aromatic rings. The number of aromatic nitrogens is 2. The number of hydrogen-bond donors (Lipinski definition) is 1. The van der Waals surface area contributed by atoms with Crippen LogP contribution in [-0.2, 0) is 21.8 Å². The topological polar surface area (TPSA) is 90.3 Å². The van der Waals surface area contributed by atoms with Crippen molar-refractivity contribution in [3.63, 3.8) is 0 Å². The van der Waals surface area contributed by atoms with Crippen LogP contribution in [0.3, 0.4) is 0 Å². The van der Waals surface area contributed by atoms with Gasteiger partial charge in [-0.1, -0.05) is 6.07 Å². The van der Waals surface area contributed by atoms with Gasteiger partial charge >= 0.3 is 5.97 Å². The lowest BCUT2D eigenvalue weighted by atomic mass is 10.2. The monoisotopic (exact) mass is 337 g/mol. The van der Waals surface area contributed by atoms with Crippen molar-refractivity contribution in [1.29, 1.82) is 0 Å². The third kappa shape index (κ3) is 3.53. The molecule has 0 saturated carbocycles. The molecule has 1 N–H and O–H groups in total. The summed E-state index contributed by atoms with van der Waals surface area (Å²) in [6, 6.07) is 6.17. The number of nitrogens with zero attached hydrogens (tertiary/aromatic N) is 2. The number of carbonyl (C=O) groups is 1. The molecule has 0 aliphatic carbocycles. The zero-order chi connectivity index (χ0) is 17.2. The molecule has 0 spiro atoms. The van der Waals surface area contributed by atoms with Crippen LogP contribution in [0.15, 0.2) is 29.2 Å². The van der Waals surface area contributed by atoms with Gasteiger partial charge in [0.15, 0.2) is 0 Å². The number of benzene rings is 1. The highest BCUT2D eigenvalue weighted by atomic mass is 32.2. The summed E-state index contributed by atoms with van der Waals surface area (Å²) in [6.07, 6.45) is 0. The van der Waals surface area contributed by atoms with Gasteiger partial charge in [0.1, 0.15) is 4.90 Å². The number of aryl methyl sites for hydroxylation is 2. The highest BCUT2D eigenvalue weighted by Crippen LogP contribution is 2.22. The van der Waals surface area contributed by atoms with Crippen LogP contribution in [0.4, 0.5) is 5.69 Å². The summed E-state index contributed by atoms with van der Waals surface area (Å²) in [7, 11) is -2.11. The van der Waals surface area contributed by atoms with E-state index >= 15 is 0 Å². The van der Waals surface area contributed by atoms with E-state index in [2.05, 4.69) is 9.82 Å². The van der Waals surface area contributed by atoms with Gasteiger partial charge < -0.3 is 4.74 Å². The second-order valence-corrected chi connectivity index (χ2v) is 6.65. The number of anilines is 1. The zero-order valence-corrected chi connectivity index (χ0v) is 14.3. The largest absolute Gasteiger partial charge is 0.462 e. The van der Waals surface area contributed by atoms with Crippen LogP contribution in [0, 0.1) is 13.8 Å². The van der Waals surface area contributed by atoms with Gasteiger partial charge in [-0.25, -0.2) is 13.2 Å². The fourth-order valence-corrected chi connectivity index (χ4v) is 3.76. The Bertz CT molecular complexity index is 840. The van der Waals surface area contributed by atoms with E-state index in [1.54, 1.807) is 46.0 Å². The number of sulfonamides is 1. The second kappa shape index (κ2) is 6.41. The minimum absolute atomic E-state index is 0.140. The maximum atomic E-state index is 12.6. The highest BCUT2D eigenvalue weighted by Gasteiger charge is 2.24. The summed E-state index contributed by atoms with van der Waals surface area (Å²) >= 11 is 0. The molecule has 0 unspecified atom stereocenters. The summed E-state index contributed by atoms with van der Waals surface area (Å²) in [5.74, 6) is -0.498. The fourth-order valence-electron chi connectivity index (χ4n) is 2.27. The van der Waals surface area contributed by atoms with Gasteiger partial charge in [0.25, 0.3) is 10.0 Å². The molecule has 8 heteroatoms. The summed E-state index contributed by atoms with van der Waals surface area (Å²) in [6.45, 7) is 5.28. The van der Waals surface area contributed by atoms with Crippen molar-refractivity contribution in [2.75, 3.05) is 11.3 Å². The Hall–Kier alpha value is -2.35. The van der Waals surface area contributed by atoms with E-state index in [4.69, 9.17) is 4.74 Å². The Morgan fingerprint density at radius 1 is 1.35 bits per heavy atom. The van der Waals surface area contributed by atoms with Crippen LogP contribution in [0.5, 0.6) is 0 Å². The summed E-state index contributed by atoms with van der Waals surface area (Å²) in [5, 5.41) is 4.11. The van der Waals surface area contributed by atoms with Gasteiger partial charge in [0.05, 0.1) is 23.6 Å². The molecule has 0 bridgehead atoms. The van der Waals surface area contributed by atoms with Crippen LogP contribution in [-0.4, -0.2) is 30.8 Å². The molecule has 1 aromatic carbocycles. The molecule has 0 radical (unpaired) electrons. The molecular weight excluding hydrogens is 318 g/mol. The number of rotatable bonds is 5. The SMILES string of the molecule is CCOC(=O)c1cccc(NS(=O)(=O)c2c(C)nn(C)c2C)c1. The first-order valence-electron chi connectivity index (χ1n) is 7.06. The lowest BCUT2D eigenvalue weighted by molar-refractivity contribution is 0.0526. The lowest BCUT2D eigenvalue weighted by Crippen LogP contribution is -2.15. The van der Waals surface area contributed by atoms with Gasteiger partial charge in [-0.05, 0) is 39.0 Å². The van der Waals surface area contributed by atoms with Gasteiger partial charge in [0, 0.05) is 12.7 Å². The number of nitrogens with one attached hydrogen (secondary N) is 1. The Morgan fingerprint density at radius 3 is 2.61 bits per heavy atom. The smallest absolute Gasteiger partial charge is 0.338 e. The van der Waals surface area contributed by atoms with Crippen LogP contribution in [0.25, 0.3) is 0 Å². The first-order valence-corrected chi connectivity index (χ1v) is 8.54. The van der Waals surface area contributed by atoms with Crippen molar-refractivity contribution in [2.24, 2.45) is 7.05 Å². The molecule has 0 amide bonds. The number of hydrogen-bond acceptors (Lipinski definition) is 5. The van der Waals surface area contributed by atoms with Gasteiger partial charge in [-0.15, -0.1) is 0 Å².